The summed E-state index contributed by atoms with van der Waals surface area (Å²) in [7, 11) is 0. The van der Waals surface area contributed by atoms with Crippen LogP contribution in [0.1, 0.15) is 36.3 Å². The standard InChI is InChI=1S/C15H17F2N3/c1-3-7-18-14(15-19-8-4-9-20-15)11-6-5-10(2)12(16)13(11)17/h4-6,8-9,14,18H,3,7H2,1-2H3. The second kappa shape index (κ2) is 6.52. The van der Waals surface area contributed by atoms with E-state index in [9.17, 15) is 8.78 Å². The Bertz CT molecular complexity index is 573. The average Bonchev–Trinajstić information content (AvgIpc) is 2.48. The molecule has 1 aromatic carbocycles. The number of aryl methyl sites for hydroxylation is 1. The molecule has 0 spiro atoms. The average molecular weight is 277 g/mol. The lowest BCUT2D eigenvalue weighted by atomic mass is 10.0. The molecule has 0 aliphatic carbocycles. The van der Waals surface area contributed by atoms with E-state index in [1.54, 1.807) is 30.6 Å². The Morgan fingerprint density at radius 2 is 1.85 bits per heavy atom. The van der Waals surface area contributed by atoms with Gasteiger partial charge in [0.05, 0.1) is 6.04 Å². The smallest absolute Gasteiger partial charge is 0.164 e. The maximum Gasteiger partial charge on any atom is 0.164 e. The Kier molecular flexibility index (Phi) is 4.74. The van der Waals surface area contributed by atoms with Crippen LogP contribution in [0.2, 0.25) is 0 Å². The molecule has 1 unspecified atom stereocenters. The zero-order chi connectivity index (χ0) is 14.5. The van der Waals surface area contributed by atoms with Gasteiger partial charge >= 0.3 is 0 Å². The van der Waals surface area contributed by atoms with Crippen LogP contribution in [0.3, 0.4) is 0 Å². The Labute approximate surface area is 117 Å². The molecule has 0 saturated carbocycles. The second-order valence-corrected chi connectivity index (χ2v) is 4.59. The summed E-state index contributed by atoms with van der Waals surface area (Å²) in [5.74, 6) is -1.23. The molecular formula is C15H17F2N3. The molecule has 0 aliphatic rings. The van der Waals surface area contributed by atoms with Gasteiger partial charge in [-0.3, -0.25) is 0 Å². The van der Waals surface area contributed by atoms with E-state index in [4.69, 9.17) is 0 Å². The van der Waals surface area contributed by atoms with Crippen molar-refractivity contribution in [3.8, 4) is 0 Å². The first-order valence-electron chi connectivity index (χ1n) is 6.60. The van der Waals surface area contributed by atoms with Gasteiger partial charge in [0.2, 0.25) is 0 Å². The fraction of sp³-hybridized carbons (Fsp3) is 0.333. The minimum Gasteiger partial charge on any atom is -0.304 e. The highest BCUT2D eigenvalue weighted by molar-refractivity contribution is 5.31. The van der Waals surface area contributed by atoms with E-state index < -0.39 is 17.7 Å². The van der Waals surface area contributed by atoms with Crippen molar-refractivity contribution >= 4 is 0 Å². The van der Waals surface area contributed by atoms with Gasteiger partial charge in [0, 0.05) is 18.0 Å². The molecule has 1 atom stereocenters. The predicted molar refractivity (Wildman–Crippen MR) is 73.3 cm³/mol. The number of nitrogens with one attached hydrogen (secondary N) is 1. The van der Waals surface area contributed by atoms with E-state index in [0.29, 0.717) is 12.4 Å². The van der Waals surface area contributed by atoms with Crippen molar-refractivity contribution in [1.29, 1.82) is 0 Å². The van der Waals surface area contributed by atoms with Gasteiger partial charge in [-0.25, -0.2) is 18.7 Å². The number of nitrogens with zero attached hydrogens (tertiary/aromatic N) is 2. The fourth-order valence-corrected chi connectivity index (χ4v) is 1.97. The maximum atomic E-state index is 14.2. The fourth-order valence-electron chi connectivity index (χ4n) is 1.97. The van der Waals surface area contributed by atoms with Gasteiger partial charge in [-0.05, 0) is 31.5 Å². The van der Waals surface area contributed by atoms with Gasteiger partial charge in [0.15, 0.2) is 11.6 Å². The molecule has 1 heterocycles. The summed E-state index contributed by atoms with van der Waals surface area (Å²) in [5.41, 5.74) is 0.516. The summed E-state index contributed by atoms with van der Waals surface area (Å²) >= 11 is 0. The first kappa shape index (κ1) is 14.5. The van der Waals surface area contributed by atoms with E-state index >= 15 is 0 Å². The normalized spacial score (nSPS) is 12.4. The molecule has 5 heteroatoms. The SMILES string of the molecule is CCCNC(c1ncccn1)c1ccc(C)c(F)c1F. The lowest BCUT2D eigenvalue weighted by molar-refractivity contribution is 0.471. The van der Waals surface area contributed by atoms with Crippen LogP contribution < -0.4 is 5.32 Å². The van der Waals surface area contributed by atoms with E-state index in [1.165, 1.54) is 6.92 Å². The Morgan fingerprint density at radius 3 is 2.50 bits per heavy atom. The summed E-state index contributed by atoms with van der Waals surface area (Å²) in [5, 5.41) is 3.16. The molecule has 0 amide bonds. The Morgan fingerprint density at radius 1 is 1.15 bits per heavy atom. The lowest BCUT2D eigenvalue weighted by Gasteiger charge is -2.18. The van der Waals surface area contributed by atoms with Crippen LogP contribution in [0.4, 0.5) is 8.78 Å². The maximum absolute atomic E-state index is 14.2. The van der Waals surface area contributed by atoms with Gasteiger partial charge in [-0.2, -0.15) is 0 Å². The molecule has 0 radical (unpaired) electrons. The van der Waals surface area contributed by atoms with Gasteiger partial charge in [-0.1, -0.05) is 19.1 Å². The molecule has 0 saturated heterocycles. The van der Waals surface area contributed by atoms with Crippen molar-refractivity contribution in [2.75, 3.05) is 6.54 Å². The highest BCUT2D eigenvalue weighted by atomic mass is 19.2. The highest BCUT2D eigenvalue weighted by Crippen LogP contribution is 2.25. The number of benzene rings is 1. The Hall–Kier alpha value is -1.88. The number of halogens is 2. The first-order chi connectivity index (χ1) is 9.65. The van der Waals surface area contributed by atoms with Crippen LogP contribution in [0.25, 0.3) is 0 Å². The molecule has 3 nitrogen and oxygen atoms in total. The van der Waals surface area contributed by atoms with Crippen LogP contribution in [0.5, 0.6) is 0 Å². The summed E-state index contributed by atoms with van der Waals surface area (Å²) < 4.78 is 27.9. The monoisotopic (exact) mass is 277 g/mol. The number of rotatable bonds is 5. The topological polar surface area (TPSA) is 37.8 Å². The van der Waals surface area contributed by atoms with Crippen molar-refractivity contribution in [2.45, 2.75) is 26.3 Å². The quantitative estimate of drug-likeness (QED) is 0.912. The summed E-state index contributed by atoms with van der Waals surface area (Å²) in [6.45, 7) is 4.20. The van der Waals surface area contributed by atoms with Crippen molar-refractivity contribution < 1.29 is 8.78 Å². The minimum atomic E-state index is -0.842. The zero-order valence-electron chi connectivity index (χ0n) is 11.5. The van der Waals surface area contributed by atoms with Crippen molar-refractivity contribution in [3.05, 3.63) is 59.2 Å². The predicted octanol–water partition coefficient (Wildman–Crippen LogP) is 3.15. The van der Waals surface area contributed by atoms with Gasteiger partial charge in [0.1, 0.15) is 5.82 Å². The lowest BCUT2D eigenvalue weighted by Crippen LogP contribution is -2.26. The molecular weight excluding hydrogens is 260 g/mol. The second-order valence-electron chi connectivity index (χ2n) is 4.59. The third-order valence-corrected chi connectivity index (χ3v) is 3.06. The summed E-state index contributed by atoms with van der Waals surface area (Å²) in [4.78, 5) is 8.28. The van der Waals surface area contributed by atoms with Crippen LogP contribution in [0.15, 0.2) is 30.6 Å². The number of hydrogen-bond acceptors (Lipinski definition) is 3. The van der Waals surface area contributed by atoms with E-state index in [-0.39, 0.29) is 11.1 Å². The molecule has 106 valence electrons. The molecule has 20 heavy (non-hydrogen) atoms. The molecule has 2 rings (SSSR count). The molecule has 2 aromatic rings. The summed E-state index contributed by atoms with van der Waals surface area (Å²) in [6, 6.07) is 4.28. The van der Waals surface area contributed by atoms with Gasteiger partial charge in [-0.15, -0.1) is 0 Å². The third kappa shape index (κ3) is 2.99. The zero-order valence-corrected chi connectivity index (χ0v) is 11.5. The van der Waals surface area contributed by atoms with E-state index in [1.807, 2.05) is 6.92 Å². The Balaban J connectivity index is 2.44. The largest absolute Gasteiger partial charge is 0.304 e. The van der Waals surface area contributed by atoms with Crippen LogP contribution in [0, 0.1) is 18.6 Å². The molecule has 0 aliphatic heterocycles. The van der Waals surface area contributed by atoms with Crippen molar-refractivity contribution in [2.24, 2.45) is 0 Å². The third-order valence-electron chi connectivity index (χ3n) is 3.06. The van der Waals surface area contributed by atoms with Gasteiger partial charge < -0.3 is 5.32 Å². The van der Waals surface area contributed by atoms with E-state index in [0.717, 1.165) is 6.42 Å². The first-order valence-corrected chi connectivity index (χ1v) is 6.60. The highest BCUT2D eigenvalue weighted by Gasteiger charge is 2.22. The minimum absolute atomic E-state index is 0.229. The van der Waals surface area contributed by atoms with Crippen LogP contribution >= 0.6 is 0 Å². The number of hydrogen-bond donors (Lipinski definition) is 1. The molecule has 0 bridgehead atoms. The van der Waals surface area contributed by atoms with Crippen molar-refractivity contribution in [1.82, 2.24) is 15.3 Å². The van der Waals surface area contributed by atoms with Crippen LogP contribution in [-0.2, 0) is 0 Å². The molecule has 0 fully saturated rings. The number of aromatic nitrogens is 2. The summed E-state index contributed by atoms with van der Waals surface area (Å²) in [6.07, 6.45) is 4.05. The van der Waals surface area contributed by atoms with E-state index in [2.05, 4.69) is 15.3 Å². The van der Waals surface area contributed by atoms with Gasteiger partial charge in [0.25, 0.3) is 0 Å². The molecule has 1 aromatic heterocycles. The van der Waals surface area contributed by atoms with Crippen LogP contribution in [-0.4, -0.2) is 16.5 Å². The van der Waals surface area contributed by atoms with Crippen molar-refractivity contribution in [3.63, 3.8) is 0 Å². The molecule has 1 N–H and O–H groups in total.